The number of hydrogen-bond donors (Lipinski definition) is 1. The van der Waals surface area contributed by atoms with E-state index in [0.717, 1.165) is 23.0 Å². The van der Waals surface area contributed by atoms with Crippen LogP contribution in [0.5, 0.6) is 0 Å². The van der Waals surface area contributed by atoms with Gasteiger partial charge in [0.15, 0.2) is 0 Å². The minimum atomic E-state index is -0.283. The average Bonchev–Trinajstić information content (AvgIpc) is 2.32. The number of carbonyl (C=O) groups is 1. The van der Waals surface area contributed by atoms with Gasteiger partial charge in [-0.2, -0.15) is 0 Å². The highest BCUT2D eigenvalue weighted by molar-refractivity contribution is 9.10. The van der Waals surface area contributed by atoms with E-state index in [-0.39, 0.29) is 12.0 Å². The summed E-state index contributed by atoms with van der Waals surface area (Å²) >= 11 is 3.50. The molecule has 1 rings (SSSR count). The lowest BCUT2D eigenvalue weighted by Gasteiger charge is -2.18. The summed E-state index contributed by atoms with van der Waals surface area (Å²) in [5.74, 6) is -0.188. The molecule has 0 heterocycles. The number of aryl methyl sites for hydroxylation is 1. The Morgan fingerprint density at radius 1 is 1.44 bits per heavy atom. The van der Waals surface area contributed by atoms with Gasteiger partial charge in [0.25, 0.3) is 0 Å². The van der Waals surface area contributed by atoms with Crippen molar-refractivity contribution < 1.29 is 9.53 Å². The van der Waals surface area contributed by atoms with Crippen molar-refractivity contribution >= 4 is 27.6 Å². The van der Waals surface area contributed by atoms with Gasteiger partial charge in [0, 0.05) is 10.2 Å². The maximum absolute atomic E-state index is 11.8. The second kappa shape index (κ2) is 7.41. The molecule has 0 bridgehead atoms. The van der Waals surface area contributed by atoms with Crippen molar-refractivity contribution in [1.82, 2.24) is 0 Å². The zero-order valence-electron chi connectivity index (χ0n) is 11.1. The van der Waals surface area contributed by atoms with Crippen molar-refractivity contribution in [2.45, 2.75) is 39.7 Å². The Morgan fingerprint density at radius 3 is 2.72 bits per heavy atom. The predicted octanol–water partition coefficient (Wildman–Crippen LogP) is 3.90. The second-order valence-corrected chi connectivity index (χ2v) is 5.08. The highest BCUT2D eigenvalue weighted by Gasteiger charge is 2.19. The van der Waals surface area contributed by atoms with Crippen molar-refractivity contribution in [1.29, 1.82) is 0 Å². The minimum absolute atomic E-state index is 0.188. The molecule has 1 atom stereocenters. The zero-order valence-corrected chi connectivity index (χ0v) is 12.7. The molecule has 3 nitrogen and oxygen atoms in total. The third-order valence-corrected chi connectivity index (χ3v) is 3.26. The third kappa shape index (κ3) is 4.33. The van der Waals surface area contributed by atoms with Crippen LogP contribution in [0.4, 0.5) is 5.69 Å². The Morgan fingerprint density at radius 2 is 2.17 bits per heavy atom. The van der Waals surface area contributed by atoms with Crippen molar-refractivity contribution in [2.75, 3.05) is 11.9 Å². The lowest BCUT2D eigenvalue weighted by Crippen LogP contribution is -2.31. The SMILES string of the molecule is CCCC(Nc1ccc(C)cc1Br)C(=O)OCC. The molecule has 0 amide bonds. The standard InChI is InChI=1S/C14H20BrNO2/c1-4-6-13(14(17)18-5-2)16-12-8-7-10(3)9-11(12)15/h7-9,13,16H,4-6H2,1-3H3. The lowest BCUT2D eigenvalue weighted by atomic mass is 10.1. The fourth-order valence-corrected chi connectivity index (χ4v) is 2.31. The van der Waals surface area contributed by atoms with E-state index in [1.54, 1.807) is 0 Å². The van der Waals surface area contributed by atoms with Crippen LogP contribution in [0, 0.1) is 6.92 Å². The van der Waals surface area contributed by atoms with E-state index in [0.29, 0.717) is 6.61 Å². The van der Waals surface area contributed by atoms with Crippen LogP contribution in [0.25, 0.3) is 0 Å². The van der Waals surface area contributed by atoms with E-state index >= 15 is 0 Å². The molecule has 4 heteroatoms. The number of nitrogens with one attached hydrogen (secondary N) is 1. The molecule has 18 heavy (non-hydrogen) atoms. The molecule has 0 aliphatic rings. The molecule has 0 aromatic heterocycles. The largest absolute Gasteiger partial charge is 0.464 e. The molecular weight excluding hydrogens is 294 g/mol. The van der Waals surface area contributed by atoms with Crippen molar-refractivity contribution in [3.8, 4) is 0 Å². The van der Waals surface area contributed by atoms with Gasteiger partial charge in [-0.15, -0.1) is 0 Å². The number of esters is 1. The molecule has 1 N–H and O–H groups in total. The Kier molecular flexibility index (Phi) is 6.19. The van der Waals surface area contributed by atoms with Crippen molar-refractivity contribution in [3.63, 3.8) is 0 Å². The van der Waals surface area contributed by atoms with Crippen LogP contribution < -0.4 is 5.32 Å². The Labute approximate surface area is 117 Å². The van der Waals surface area contributed by atoms with E-state index in [4.69, 9.17) is 4.74 Å². The maximum Gasteiger partial charge on any atom is 0.328 e. The van der Waals surface area contributed by atoms with Crippen LogP contribution >= 0.6 is 15.9 Å². The number of ether oxygens (including phenoxy) is 1. The zero-order chi connectivity index (χ0) is 13.5. The normalized spacial score (nSPS) is 12.0. The van der Waals surface area contributed by atoms with Crippen molar-refractivity contribution in [3.05, 3.63) is 28.2 Å². The van der Waals surface area contributed by atoms with Crippen LogP contribution in [0.3, 0.4) is 0 Å². The van der Waals surface area contributed by atoms with Crippen LogP contribution in [-0.4, -0.2) is 18.6 Å². The van der Waals surface area contributed by atoms with Crippen molar-refractivity contribution in [2.24, 2.45) is 0 Å². The van der Waals surface area contributed by atoms with Gasteiger partial charge in [0.05, 0.1) is 6.61 Å². The fraction of sp³-hybridized carbons (Fsp3) is 0.500. The van der Waals surface area contributed by atoms with Crippen LogP contribution in [-0.2, 0) is 9.53 Å². The van der Waals surface area contributed by atoms with Gasteiger partial charge in [-0.3, -0.25) is 0 Å². The van der Waals surface area contributed by atoms with E-state index < -0.39 is 0 Å². The molecule has 0 radical (unpaired) electrons. The summed E-state index contributed by atoms with van der Waals surface area (Å²) < 4.78 is 6.04. The van der Waals surface area contributed by atoms with E-state index in [2.05, 4.69) is 28.2 Å². The number of halogens is 1. The van der Waals surface area contributed by atoms with E-state index in [9.17, 15) is 4.79 Å². The van der Waals surface area contributed by atoms with Crippen LogP contribution in [0.2, 0.25) is 0 Å². The number of benzene rings is 1. The van der Waals surface area contributed by atoms with Gasteiger partial charge in [-0.25, -0.2) is 4.79 Å². The van der Waals surface area contributed by atoms with Gasteiger partial charge in [0.1, 0.15) is 6.04 Å². The number of hydrogen-bond acceptors (Lipinski definition) is 3. The van der Waals surface area contributed by atoms with Gasteiger partial charge >= 0.3 is 5.97 Å². The first-order chi connectivity index (χ1) is 8.58. The maximum atomic E-state index is 11.8. The number of anilines is 1. The third-order valence-electron chi connectivity index (χ3n) is 2.60. The minimum Gasteiger partial charge on any atom is -0.464 e. The van der Waals surface area contributed by atoms with Crippen LogP contribution in [0.15, 0.2) is 22.7 Å². The highest BCUT2D eigenvalue weighted by atomic mass is 79.9. The quantitative estimate of drug-likeness (QED) is 0.809. The van der Waals surface area contributed by atoms with E-state index in [1.165, 1.54) is 5.56 Å². The smallest absolute Gasteiger partial charge is 0.328 e. The second-order valence-electron chi connectivity index (χ2n) is 4.22. The van der Waals surface area contributed by atoms with Gasteiger partial charge in [-0.1, -0.05) is 19.4 Å². The van der Waals surface area contributed by atoms with Gasteiger partial charge in [0.2, 0.25) is 0 Å². The summed E-state index contributed by atoms with van der Waals surface area (Å²) in [6, 6.07) is 5.73. The summed E-state index contributed by atoms with van der Waals surface area (Å²) in [4.78, 5) is 11.8. The summed E-state index contributed by atoms with van der Waals surface area (Å²) in [6.07, 6.45) is 1.69. The first-order valence-corrected chi connectivity index (χ1v) is 7.07. The molecule has 1 aromatic carbocycles. The summed E-state index contributed by atoms with van der Waals surface area (Å²) in [5.41, 5.74) is 2.10. The Balaban J connectivity index is 2.79. The summed E-state index contributed by atoms with van der Waals surface area (Å²) in [6.45, 7) is 6.32. The number of carbonyl (C=O) groups excluding carboxylic acids is 1. The molecule has 0 fully saturated rings. The van der Waals surface area contributed by atoms with E-state index in [1.807, 2.05) is 32.0 Å². The molecular formula is C14H20BrNO2. The molecule has 1 unspecified atom stereocenters. The molecule has 0 saturated heterocycles. The first kappa shape index (κ1) is 15.0. The molecule has 0 saturated carbocycles. The molecule has 0 spiro atoms. The number of rotatable bonds is 6. The molecule has 1 aromatic rings. The van der Waals surface area contributed by atoms with Gasteiger partial charge in [-0.05, 0) is 53.9 Å². The molecule has 0 aliphatic heterocycles. The Bertz CT molecular complexity index is 407. The van der Waals surface area contributed by atoms with Crippen LogP contribution in [0.1, 0.15) is 32.3 Å². The monoisotopic (exact) mass is 313 g/mol. The molecule has 0 aliphatic carbocycles. The summed E-state index contributed by atoms with van der Waals surface area (Å²) in [5, 5.41) is 3.24. The Hall–Kier alpha value is -1.03. The van der Waals surface area contributed by atoms with Gasteiger partial charge < -0.3 is 10.1 Å². The first-order valence-electron chi connectivity index (χ1n) is 6.27. The predicted molar refractivity (Wildman–Crippen MR) is 77.8 cm³/mol. The highest BCUT2D eigenvalue weighted by Crippen LogP contribution is 2.24. The summed E-state index contributed by atoms with van der Waals surface area (Å²) in [7, 11) is 0. The average molecular weight is 314 g/mol. The fourth-order valence-electron chi connectivity index (χ4n) is 1.71. The topological polar surface area (TPSA) is 38.3 Å². The lowest BCUT2D eigenvalue weighted by molar-refractivity contribution is -0.144. The molecule has 100 valence electrons.